The van der Waals surface area contributed by atoms with Crippen molar-refractivity contribution >= 4 is 34.5 Å². The Morgan fingerprint density at radius 3 is 2.77 bits per heavy atom. The van der Waals surface area contributed by atoms with Gasteiger partial charge in [-0.2, -0.15) is 0 Å². The number of nitrogens with zero attached hydrogens (tertiary/aromatic N) is 2. The third kappa shape index (κ3) is 4.47. The lowest BCUT2D eigenvalue weighted by Gasteiger charge is -2.08. The topological polar surface area (TPSA) is 97.0 Å². The molecule has 0 atom stereocenters. The lowest BCUT2D eigenvalue weighted by atomic mass is 10.2. The molecule has 0 saturated heterocycles. The van der Waals surface area contributed by atoms with Gasteiger partial charge in [0.1, 0.15) is 5.82 Å². The van der Waals surface area contributed by atoms with Crippen LogP contribution in [-0.2, 0) is 16.1 Å². The molecule has 2 heterocycles. The second-order valence-electron chi connectivity index (χ2n) is 6.50. The van der Waals surface area contributed by atoms with Gasteiger partial charge in [-0.15, -0.1) is 0 Å². The minimum absolute atomic E-state index is 0.257. The summed E-state index contributed by atoms with van der Waals surface area (Å²) in [5.74, 6) is -0.352. The number of hydrogen-bond donors (Lipinski definition) is 2. The van der Waals surface area contributed by atoms with Crippen LogP contribution in [0.4, 0.5) is 0 Å². The molecule has 0 radical (unpaired) electrons. The third-order valence-electron chi connectivity index (χ3n) is 4.42. The molecule has 0 aliphatic carbocycles. The van der Waals surface area contributed by atoms with Gasteiger partial charge in [0.2, 0.25) is 0 Å². The number of nitrogens with one attached hydrogen (secondary N) is 2. The highest BCUT2D eigenvalue weighted by Crippen LogP contribution is 2.21. The standard InChI is InChI=1S/C22H17ClN4O3/c23-17-6-2-1-4-15(17)12-25-20(28)13-30-22(29)14-7-8-18-19(10-14)27-21(26-18)16-5-3-9-24-11-16/h1-11H,12-13H2,(H,25,28)(H,26,27). The van der Waals surface area contributed by atoms with Crippen LogP contribution in [0.5, 0.6) is 0 Å². The first kappa shape index (κ1) is 19.6. The molecule has 0 aliphatic rings. The number of rotatable bonds is 6. The van der Waals surface area contributed by atoms with Gasteiger partial charge in [-0.3, -0.25) is 9.78 Å². The van der Waals surface area contributed by atoms with E-state index in [1.165, 1.54) is 0 Å². The molecule has 0 bridgehead atoms. The number of fused-ring (bicyclic) bond motifs is 1. The number of pyridine rings is 1. The second kappa shape index (κ2) is 8.75. The predicted octanol–water partition coefficient (Wildman–Crippen LogP) is 3.75. The molecule has 0 saturated carbocycles. The van der Waals surface area contributed by atoms with Crippen molar-refractivity contribution in [2.24, 2.45) is 0 Å². The first-order valence-corrected chi connectivity index (χ1v) is 9.55. The quantitative estimate of drug-likeness (QED) is 0.463. The molecule has 0 unspecified atom stereocenters. The molecule has 150 valence electrons. The Labute approximate surface area is 177 Å². The molecule has 30 heavy (non-hydrogen) atoms. The van der Waals surface area contributed by atoms with E-state index in [4.69, 9.17) is 16.3 Å². The zero-order valence-electron chi connectivity index (χ0n) is 15.8. The Morgan fingerprint density at radius 2 is 1.97 bits per heavy atom. The van der Waals surface area contributed by atoms with Crippen molar-refractivity contribution in [3.8, 4) is 11.4 Å². The van der Waals surface area contributed by atoms with Gasteiger partial charge in [0.15, 0.2) is 6.61 Å². The molecule has 2 N–H and O–H groups in total. The van der Waals surface area contributed by atoms with Gasteiger partial charge in [-0.1, -0.05) is 29.8 Å². The fraction of sp³-hybridized carbons (Fsp3) is 0.0909. The molecule has 0 fully saturated rings. The van der Waals surface area contributed by atoms with Gasteiger partial charge in [0, 0.05) is 29.5 Å². The van der Waals surface area contributed by atoms with Crippen LogP contribution in [0.25, 0.3) is 22.4 Å². The van der Waals surface area contributed by atoms with Crippen molar-refractivity contribution in [2.45, 2.75) is 6.54 Å². The molecule has 1 amide bonds. The zero-order valence-corrected chi connectivity index (χ0v) is 16.5. The van der Waals surface area contributed by atoms with Crippen LogP contribution in [0.2, 0.25) is 5.02 Å². The molecular formula is C22H17ClN4O3. The number of hydrogen-bond acceptors (Lipinski definition) is 5. The molecule has 2 aromatic heterocycles. The highest BCUT2D eigenvalue weighted by molar-refractivity contribution is 6.31. The summed E-state index contributed by atoms with van der Waals surface area (Å²) in [5, 5.41) is 3.24. The molecule has 0 aliphatic heterocycles. The van der Waals surface area contributed by atoms with Gasteiger partial charge < -0.3 is 15.0 Å². The Bertz CT molecular complexity index is 1210. The zero-order chi connectivity index (χ0) is 20.9. The maximum atomic E-state index is 12.3. The summed E-state index contributed by atoms with van der Waals surface area (Å²) >= 11 is 6.06. The predicted molar refractivity (Wildman–Crippen MR) is 113 cm³/mol. The van der Waals surface area contributed by atoms with Crippen molar-refractivity contribution in [1.29, 1.82) is 0 Å². The monoisotopic (exact) mass is 420 g/mol. The van der Waals surface area contributed by atoms with Crippen molar-refractivity contribution in [3.63, 3.8) is 0 Å². The van der Waals surface area contributed by atoms with E-state index in [1.54, 1.807) is 36.7 Å². The van der Waals surface area contributed by atoms with Crippen LogP contribution < -0.4 is 5.32 Å². The Morgan fingerprint density at radius 1 is 1.10 bits per heavy atom. The summed E-state index contributed by atoms with van der Waals surface area (Å²) in [6.45, 7) is -0.126. The minimum Gasteiger partial charge on any atom is -0.452 e. The Kier molecular flexibility index (Phi) is 5.72. The summed E-state index contributed by atoms with van der Waals surface area (Å²) in [7, 11) is 0. The summed E-state index contributed by atoms with van der Waals surface area (Å²) in [4.78, 5) is 36.1. The summed E-state index contributed by atoms with van der Waals surface area (Å²) < 4.78 is 5.12. The van der Waals surface area contributed by atoms with E-state index in [0.717, 1.165) is 11.1 Å². The average molecular weight is 421 g/mol. The molecule has 2 aromatic carbocycles. The van der Waals surface area contributed by atoms with E-state index in [1.807, 2.05) is 30.3 Å². The highest BCUT2D eigenvalue weighted by Gasteiger charge is 2.13. The Balaban J connectivity index is 1.37. The van der Waals surface area contributed by atoms with Crippen LogP contribution in [0.15, 0.2) is 67.0 Å². The molecule has 4 rings (SSSR count). The number of aromatic nitrogens is 3. The first-order chi connectivity index (χ1) is 14.6. The van der Waals surface area contributed by atoms with Crippen molar-refractivity contribution < 1.29 is 14.3 Å². The molecule has 8 heteroatoms. The Hall–Kier alpha value is -3.71. The summed E-state index contributed by atoms with van der Waals surface area (Å²) in [6.07, 6.45) is 3.39. The number of esters is 1. The number of amides is 1. The van der Waals surface area contributed by atoms with Crippen LogP contribution in [-0.4, -0.2) is 33.4 Å². The number of halogens is 1. The van der Waals surface area contributed by atoms with Crippen LogP contribution in [0.3, 0.4) is 0 Å². The highest BCUT2D eigenvalue weighted by atomic mass is 35.5. The minimum atomic E-state index is -0.595. The van der Waals surface area contributed by atoms with Crippen molar-refractivity contribution in [3.05, 3.63) is 83.1 Å². The van der Waals surface area contributed by atoms with E-state index in [0.29, 0.717) is 27.4 Å². The molecular weight excluding hydrogens is 404 g/mol. The summed E-state index contributed by atoms with van der Waals surface area (Å²) in [6, 6.07) is 15.9. The van der Waals surface area contributed by atoms with Crippen molar-refractivity contribution in [1.82, 2.24) is 20.3 Å². The maximum Gasteiger partial charge on any atom is 0.338 e. The smallest absolute Gasteiger partial charge is 0.338 e. The van der Waals surface area contributed by atoms with E-state index in [-0.39, 0.29) is 13.2 Å². The maximum absolute atomic E-state index is 12.3. The summed E-state index contributed by atoms with van der Waals surface area (Å²) in [5.41, 5.74) is 3.35. The molecule has 7 nitrogen and oxygen atoms in total. The lowest BCUT2D eigenvalue weighted by Crippen LogP contribution is -2.28. The number of aromatic amines is 1. The number of benzene rings is 2. The van der Waals surface area contributed by atoms with Crippen LogP contribution >= 0.6 is 11.6 Å². The molecule has 4 aromatic rings. The lowest BCUT2D eigenvalue weighted by molar-refractivity contribution is -0.124. The van der Waals surface area contributed by atoms with Crippen molar-refractivity contribution in [2.75, 3.05) is 6.61 Å². The molecule has 0 spiro atoms. The second-order valence-corrected chi connectivity index (χ2v) is 6.91. The number of ether oxygens (including phenoxy) is 1. The van der Waals surface area contributed by atoms with E-state index >= 15 is 0 Å². The first-order valence-electron chi connectivity index (χ1n) is 9.17. The third-order valence-corrected chi connectivity index (χ3v) is 4.79. The fourth-order valence-electron chi connectivity index (χ4n) is 2.88. The number of carbonyl (C=O) groups excluding carboxylic acids is 2. The van der Waals surface area contributed by atoms with Gasteiger partial charge in [-0.05, 0) is 42.0 Å². The van der Waals surface area contributed by atoms with Crippen LogP contribution in [0, 0.1) is 0 Å². The average Bonchev–Trinajstić information content (AvgIpc) is 3.21. The van der Waals surface area contributed by atoms with E-state index in [2.05, 4.69) is 20.3 Å². The van der Waals surface area contributed by atoms with Gasteiger partial charge in [0.25, 0.3) is 5.91 Å². The van der Waals surface area contributed by atoms with E-state index < -0.39 is 11.9 Å². The van der Waals surface area contributed by atoms with Crippen LogP contribution in [0.1, 0.15) is 15.9 Å². The normalized spacial score (nSPS) is 10.7. The van der Waals surface area contributed by atoms with Gasteiger partial charge in [0.05, 0.1) is 16.6 Å². The number of imidazole rings is 1. The fourth-order valence-corrected chi connectivity index (χ4v) is 3.08. The number of carbonyl (C=O) groups is 2. The number of H-pyrrole nitrogens is 1. The SMILES string of the molecule is O=C(COC(=O)c1ccc2nc(-c3cccnc3)[nH]c2c1)NCc1ccccc1Cl. The van der Waals surface area contributed by atoms with E-state index in [9.17, 15) is 9.59 Å². The van der Waals surface area contributed by atoms with Gasteiger partial charge >= 0.3 is 5.97 Å². The largest absolute Gasteiger partial charge is 0.452 e. The van der Waals surface area contributed by atoms with Gasteiger partial charge in [-0.25, -0.2) is 9.78 Å².